The number of fused-ring (bicyclic) bond motifs is 2. The Balaban J connectivity index is 1.24. The smallest absolute Gasteiger partial charge is 0.327 e. The lowest BCUT2D eigenvalue weighted by Gasteiger charge is -2.36. The van der Waals surface area contributed by atoms with Crippen molar-refractivity contribution in [2.75, 3.05) is 41.3 Å². The van der Waals surface area contributed by atoms with Gasteiger partial charge < -0.3 is 19.9 Å². The Bertz CT molecular complexity index is 1200. The molecule has 0 radical (unpaired) electrons. The Kier molecular flexibility index (Phi) is 4.53. The summed E-state index contributed by atoms with van der Waals surface area (Å²) < 4.78 is 16.3. The van der Waals surface area contributed by atoms with Gasteiger partial charge in [-0.15, -0.1) is 0 Å². The van der Waals surface area contributed by atoms with Crippen LogP contribution in [0.15, 0.2) is 30.7 Å². The van der Waals surface area contributed by atoms with Gasteiger partial charge >= 0.3 is 6.03 Å². The van der Waals surface area contributed by atoms with Gasteiger partial charge in [-0.05, 0) is 38.2 Å². The summed E-state index contributed by atoms with van der Waals surface area (Å²) in [4.78, 5) is 25.9. The lowest BCUT2D eigenvalue weighted by molar-refractivity contribution is 0.257. The fourth-order valence-electron chi connectivity index (χ4n) is 4.99. The van der Waals surface area contributed by atoms with E-state index in [0.29, 0.717) is 24.1 Å². The normalized spacial score (nSPS) is 20.6. The third-order valence-corrected chi connectivity index (χ3v) is 6.74. The largest absolute Gasteiger partial charge is 0.368 e. The second-order valence-corrected chi connectivity index (χ2v) is 8.99. The van der Waals surface area contributed by atoms with E-state index in [-0.39, 0.29) is 11.7 Å². The number of hydrogen-bond donors (Lipinski definition) is 2. The molecular weight excluding hydrogens is 409 g/mol. The molecule has 2 N–H and O–H groups in total. The zero-order valence-electron chi connectivity index (χ0n) is 18.0. The number of amides is 2. The molecule has 0 unspecified atom stereocenters. The van der Waals surface area contributed by atoms with E-state index in [2.05, 4.69) is 31.6 Å². The molecule has 6 rings (SSSR count). The van der Waals surface area contributed by atoms with Crippen LogP contribution in [-0.2, 0) is 6.42 Å². The number of carbonyl (C=O) groups excluding carboxylic acids is 1. The summed E-state index contributed by atoms with van der Waals surface area (Å²) in [5.74, 6) is 0.951. The molecule has 32 heavy (non-hydrogen) atoms. The molecule has 1 saturated carbocycles. The summed E-state index contributed by atoms with van der Waals surface area (Å²) in [6.07, 6.45) is 8.50. The maximum Gasteiger partial charge on any atom is 0.327 e. The molecule has 2 aliphatic heterocycles. The molecule has 2 amide bonds. The number of nitrogens with zero attached hydrogens (tertiary/aromatic N) is 5. The van der Waals surface area contributed by atoms with Gasteiger partial charge in [0.25, 0.3) is 0 Å². The molecule has 1 saturated heterocycles. The molecule has 9 heteroatoms. The average molecular weight is 436 g/mol. The minimum atomic E-state index is -0.510. The van der Waals surface area contributed by atoms with E-state index < -0.39 is 5.82 Å². The third kappa shape index (κ3) is 3.37. The van der Waals surface area contributed by atoms with Gasteiger partial charge in [0.1, 0.15) is 11.5 Å². The second kappa shape index (κ2) is 7.44. The molecule has 3 aromatic rings. The van der Waals surface area contributed by atoms with Crippen molar-refractivity contribution in [2.24, 2.45) is 5.92 Å². The van der Waals surface area contributed by atoms with Crippen LogP contribution < -0.4 is 20.4 Å². The van der Waals surface area contributed by atoms with Crippen molar-refractivity contribution in [1.82, 2.24) is 19.7 Å². The summed E-state index contributed by atoms with van der Waals surface area (Å²) in [5.41, 5.74) is 3.68. The first-order chi connectivity index (χ1) is 15.6. The van der Waals surface area contributed by atoms with E-state index in [1.807, 2.05) is 6.92 Å². The summed E-state index contributed by atoms with van der Waals surface area (Å²) >= 11 is 0. The maximum absolute atomic E-state index is 14.6. The van der Waals surface area contributed by atoms with Crippen molar-refractivity contribution in [3.05, 3.63) is 47.8 Å². The Morgan fingerprint density at radius 2 is 2.16 bits per heavy atom. The van der Waals surface area contributed by atoms with Gasteiger partial charge in [0.05, 0.1) is 11.4 Å². The molecule has 8 nitrogen and oxygen atoms in total. The molecule has 2 fully saturated rings. The number of nitrogens with one attached hydrogen (secondary N) is 2. The van der Waals surface area contributed by atoms with Crippen molar-refractivity contribution in [2.45, 2.75) is 32.2 Å². The zero-order valence-corrected chi connectivity index (χ0v) is 18.0. The standard InChI is InChI=1S/C23H26FN7O/c1-14-11-30-13-19(17(24)10-21(30)27-14)28-23(32)31-8-5-16-20(4-6-26-22(16)31)29-9-7-25-18(12-29)15-2-3-15/h4,6,10-11,13,15,18,25H,2-3,5,7-9,12H2,1H3,(H,28,32)/t18-/m0/s1. The number of aryl methyl sites for hydroxylation is 1. The SMILES string of the molecule is Cc1cn2cc(NC(=O)N3CCc4c(N5CCN[C@H](C6CC6)C5)ccnc43)c(F)cc2n1. The Morgan fingerprint density at radius 1 is 1.28 bits per heavy atom. The summed E-state index contributed by atoms with van der Waals surface area (Å²) in [6.45, 7) is 5.28. The summed E-state index contributed by atoms with van der Waals surface area (Å²) in [7, 11) is 0. The van der Waals surface area contributed by atoms with Crippen LogP contribution in [-0.4, -0.2) is 52.6 Å². The van der Waals surface area contributed by atoms with E-state index in [9.17, 15) is 9.18 Å². The first-order valence-corrected chi connectivity index (χ1v) is 11.3. The molecule has 0 spiro atoms. The molecule has 5 heterocycles. The van der Waals surface area contributed by atoms with Crippen LogP contribution >= 0.6 is 0 Å². The van der Waals surface area contributed by atoms with E-state index in [1.54, 1.807) is 27.9 Å². The van der Waals surface area contributed by atoms with Gasteiger partial charge in [-0.2, -0.15) is 0 Å². The molecular formula is C23H26FN7O. The third-order valence-electron chi connectivity index (χ3n) is 6.74. The number of halogens is 1. The zero-order chi connectivity index (χ0) is 21.8. The van der Waals surface area contributed by atoms with Crippen molar-refractivity contribution >= 4 is 28.9 Å². The summed E-state index contributed by atoms with van der Waals surface area (Å²) in [5, 5.41) is 6.37. The highest BCUT2D eigenvalue weighted by atomic mass is 19.1. The average Bonchev–Trinajstić information content (AvgIpc) is 3.45. The quantitative estimate of drug-likeness (QED) is 0.662. The maximum atomic E-state index is 14.6. The predicted molar refractivity (Wildman–Crippen MR) is 121 cm³/mol. The van der Waals surface area contributed by atoms with Crippen LogP contribution in [0.1, 0.15) is 24.1 Å². The number of imidazole rings is 1. The highest BCUT2D eigenvalue weighted by molar-refractivity contribution is 6.03. The first-order valence-electron chi connectivity index (χ1n) is 11.3. The summed E-state index contributed by atoms with van der Waals surface area (Å²) in [6, 6.07) is 3.56. The van der Waals surface area contributed by atoms with Crippen molar-refractivity contribution in [3.8, 4) is 0 Å². The van der Waals surface area contributed by atoms with Gasteiger partial charge in [0.2, 0.25) is 0 Å². The minimum absolute atomic E-state index is 0.124. The van der Waals surface area contributed by atoms with Gasteiger partial charge in [0.15, 0.2) is 5.82 Å². The number of anilines is 3. The lowest BCUT2D eigenvalue weighted by atomic mass is 10.1. The van der Waals surface area contributed by atoms with Crippen LogP contribution in [0, 0.1) is 18.7 Å². The number of rotatable bonds is 3. The lowest BCUT2D eigenvalue weighted by Crippen LogP contribution is -2.52. The predicted octanol–water partition coefficient (Wildman–Crippen LogP) is 2.96. The Morgan fingerprint density at radius 3 is 3.00 bits per heavy atom. The number of hydrogen-bond acceptors (Lipinski definition) is 5. The monoisotopic (exact) mass is 435 g/mol. The van der Waals surface area contributed by atoms with Crippen molar-refractivity contribution in [3.63, 3.8) is 0 Å². The van der Waals surface area contributed by atoms with E-state index in [1.165, 1.54) is 24.6 Å². The van der Waals surface area contributed by atoms with Crippen molar-refractivity contribution in [1.29, 1.82) is 0 Å². The molecule has 3 aromatic heterocycles. The highest BCUT2D eigenvalue weighted by Crippen LogP contribution is 2.37. The van der Waals surface area contributed by atoms with Crippen LogP contribution in [0.3, 0.4) is 0 Å². The van der Waals surface area contributed by atoms with Gasteiger partial charge in [-0.1, -0.05) is 0 Å². The van der Waals surface area contributed by atoms with Gasteiger partial charge in [0, 0.05) is 68.1 Å². The van der Waals surface area contributed by atoms with Crippen LogP contribution in [0.5, 0.6) is 0 Å². The topological polar surface area (TPSA) is 77.8 Å². The van der Waals surface area contributed by atoms with E-state index >= 15 is 0 Å². The number of carbonyl (C=O) groups is 1. The first kappa shape index (κ1) is 19.5. The fourth-order valence-corrected chi connectivity index (χ4v) is 4.99. The highest BCUT2D eigenvalue weighted by Gasteiger charge is 2.36. The fraction of sp³-hybridized carbons (Fsp3) is 0.435. The number of urea groups is 1. The molecule has 0 bridgehead atoms. The molecule has 1 aliphatic carbocycles. The number of pyridine rings is 2. The van der Waals surface area contributed by atoms with Crippen LogP contribution in [0.4, 0.5) is 26.4 Å². The molecule has 0 aromatic carbocycles. The van der Waals surface area contributed by atoms with Crippen LogP contribution in [0.25, 0.3) is 5.65 Å². The van der Waals surface area contributed by atoms with E-state index in [4.69, 9.17) is 0 Å². The molecule has 166 valence electrons. The van der Waals surface area contributed by atoms with Gasteiger partial charge in [-0.3, -0.25) is 4.90 Å². The van der Waals surface area contributed by atoms with Crippen LogP contribution in [0.2, 0.25) is 0 Å². The molecule has 3 aliphatic rings. The number of piperazine rings is 1. The number of aromatic nitrogens is 3. The minimum Gasteiger partial charge on any atom is -0.368 e. The molecule has 1 atom stereocenters. The van der Waals surface area contributed by atoms with Gasteiger partial charge in [-0.25, -0.2) is 19.2 Å². The Labute approximate surface area is 185 Å². The Hall–Kier alpha value is -3.20. The van der Waals surface area contributed by atoms with Crippen molar-refractivity contribution < 1.29 is 9.18 Å². The second-order valence-electron chi connectivity index (χ2n) is 8.99. The van der Waals surface area contributed by atoms with E-state index in [0.717, 1.165) is 43.2 Å².